The van der Waals surface area contributed by atoms with Gasteiger partial charge in [0.1, 0.15) is 0 Å². The van der Waals surface area contributed by atoms with Crippen LogP contribution in [0, 0.1) is 0 Å². The van der Waals surface area contributed by atoms with Crippen LogP contribution in [-0.4, -0.2) is 44.2 Å². The summed E-state index contributed by atoms with van der Waals surface area (Å²) in [5.74, 6) is 5.44. The van der Waals surface area contributed by atoms with E-state index in [4.69, 9.17) is 20.1 Å². The standard InChI is InChI=1S/C24H24N4O6/c1-32-19-12-16(13-20(33-2)21(19)34-3)23(30)28(25)24(31)27-18-11-7-10-17(14-18)26-22(29)15-8-5-4-6-9-15/h4-14H,25H2,1-3H3,(H,26,29)(H,27,31). The number of carbonyl (C=O) groups is 3. The lowest BCUT2D eigenvalue weighted by Gasteiger charge is -2.18. The average molecular weight is 464 g/mol. The molecule has 0 heterocycles. The number of amides is 4. The molecule has 0 atom stereocenters. The van der Waals surface area contributed by atoms with Crippen molar-refractivity contribution in [3.63, 3.8) is 0 Å². The summed E-state index contributed by atoms with van der Waals surface area (Å²) in [5.41, 5.74) is 1.31. The van der Waals surface area contributed by atoms with Gasteiger partial charge in [0, 0.05) is 22.5 Å². The van der Waals surface area contributed by atoms with Gasteiger partial charge < -0.3 is 24.8 Å². The van der Waals surface area contributed by atoms with E-state index < -0.39 is 11.9 Å². The molecule has 0 spiro atoms. The predicted octanol–water partition coefficient (Wildman–Crippen LogP) is 3.51. The number of rotatable bonds is 7. The molecular weight excluding hydrogens is 440 g/mol. The number of imide groups is 1. The second-order valence-corrected chi connectivity index (χ2v) is 6.92. The van der Waals surface area contributed by atoms with E-state index in [1.165, 1.54) is 39.5 Å². The third-order valence-corrected chi connectivity index (χ3v) is 4.76. The molecule has 10 heteroatoms. The number of nitrogens with two attached hydrogens (primary N) is 1. The van der Waals surface area contributed by atoms with Gasteiger partial charge in [-0.05, 0) is 42.5 Å². The fourth-order valence-corrected chi connectivity index (χ4v) is 3.09. The molecule has 3 aromatic rings. The fraction of sp³-hybridized carbons (Fsp3) is 0.125. The van der Waals surface area contributed by atoms with Crippen molar-refractivity contribution in [2.24, 2.45) is 5.84 Å². The van der Waals surface area contributed by atoms with Gasteiger partial charge >= 0.3 is 6.03 Å². The lowest BCUT2D eigenvalue weighted by atomic mass is 10.1. The molecule has 10 nitrogen and oxygen atoms in total. The Balaban J connectivity index is 1.73. The number of nitrogens with zero attached hydrogens (tertiary/aromatic N) is 1. The first-order valence-corrected chi connectivity index (χ1v) is 10.0. The Hall–Kier alpha value is -4.57. The molecule has 176 valence electrons. The maximum atomic E-state index is 12.8. The first kappa shape index (κ1) is 24.1. The van der Waals surface area contributed by atoms with Crippen molar-refractivity contribution in [2.75, 3.05) is 32.0 Å². The molecule has 34 heavy (non-hydrogen) atoms. The molecular formula is C24H24N4O6. The van der Waals surface area contributed by atoms with Crippen molar-refractivity contribution in [3.05, 3.63) is 77.9 Å². The summed E-state index contributed by atoms with van der Waals surface area (Å²) in [7, 11) is 4.24. The van der Waals surface area contributed by atoms with Crippen molar-refractivity contribution >= 4 is 29.2 Å². The van der Waals surface area contributed by atoms with Gasteiger partial charge in [0.05, 0.1) is 21.3 Å². The van der Waals surface area contributed by atoms with Crippen LogP contribution in [-0.2, 0) is 0 Å². The van der Waals surface area contributed by atoms with Crippen molar-refractivity contribution in [3.8, 4) is 17.2 Å². The first-order chi connectivity index (χ1) is 16.4. The molecule has 4 N–H and O–H groups in total. The summed E-state index contributed by atoms with van der Waals surface area (Å²) >= 11 is 0. The maximum absolute atomic E-state index is 12.8. The van der Waals surface area contributed by atoms with Crippen LogP contribution in [0.15, 0.2) is 66.7 Å². The van der Waals surface area contributed by atoms with E-state index in [0.29, 0.717) is 27.7 Å². The van der Waals surface area contributed by atoms with Gasteiger partial charge in [0.2, 0.25) is 5.75 Å². The molecule has 4 amide bonds. The summed E-state index contributed by atoms with van der Waals surface area (Å²) in [6.45, 7) is 0. The number of urea groups is 1. The van der Waals surface area contributed by atoms with E-state index in [1.807, 2.05) is 6.07 Å². The molecule has 0 aliphatic heterocycles. The highest BCUT2D eigenvalue weighted by Crippen LogP contribution is 2.38. The normalized spacial score (nSPS) is 10.1. The molecule has 0 fully saturated rings. The van der Waals surface area contributed by atoms with Gasteiger partial charge in [-0.1, -0.05) is 24.3 Å². The van der Waals surface area contributed by atoms with Crippen LogP contribution in [0.5, 0.6) is 17.2 Å². The number of benzene rings is 3. The van der Waals surface area contributed by atoms with E-state index in [2.05, 4.69) is 10.6 Å². The average Bonchev–Trinajstić information content (AvgIpc) is 2.87. The summed E-state index contributed by atoms with van der Waals surface area (Å²) in [4.78, 5) is 37.8. The third-order valence-electron chi connectivity index (χ3n) is 4.76. The van der Waals surface area contributed by atoms with Crippen LogP contribution < -0.4 is 30.7 Å². The quantitative estimate of drug-likeness (QED) is 0.277. The maximum Gasteiger partial charge on any atom is 0.343 e. The van der Waals surface area contributed by atoms with E-state index >= 15 is 0 Å². The number of ether oxygens (including phenoxy) is 3. The molecule has 0 aromatic heterocycles. The van der Waals surface area contributed by atoms with Gasteiger partial charge in [-0.3, -0.25) is 9.59 Å². The predicted molar refractivity (Wildman–Crippen MR) is 126 cm³/mol. The van der Waals surface area contributed by atoms with E-state index in [0.717, 1.165) is 0 Å². The Morgan fingerprint density at radius 1 is 0.735 bits per heavy atom. The first-order valence-electron chi connectivity index (χ1n) is 10.0. The number of anilines is 2. The number of hydrogen-bond donors (Lipinski definition) is 3. The van der Waals surface area contributed by atoms with Crippen LogP contribution in [0.1, 0.15) is 20.7 Å². The number of nitrogens with one attached hydrogen (secondary N) is 2. The zero-order chi connectivity index (χ0) is 24.7. The highest BCUT2D eigenvalue weighted by molar-refractivity contribution is 6.08. The summed E-state index contributed by atoms with van der Waals surface area (Å²) < 4.78 is 15.7. The Morgan fingerprint density at radius 2 is 1.32 bits per heavy atom. The van der Waals surface area contributed by atoms with Crippen molar-refractivity contribution < 1.29 is 28.6 Å². The molecule has 0 aliphatic rings. The minimum Gasteiger partial charge on any atom is -0.493 e. The second kappa shape index (κ2) is 10.8. The molecule has 0 radical (unpaired) electrons. The van der Waals surface area contributed by atoms with Gasteiger partial charge in [-0.15, -0.1) is 0 Å². The van der Waals surface area contributed by atoms with Gasteiger partial charge in [-0.2, -0.15) is 5.01 Å². The monoisotopic (exact) mass is 464 g/mol. The summed E-state index contributed by atoms with van der Waals surface area (Å²) in [6.07, 6.45) is 0. The van der Waals surface area contributed by atoms with Gasteiger partial charge in [0.25, 0.3) is 11.8 Å². The SMILES string of the molecule is COc1cc(C(=O)N(N)C(=O)Nc2cccc(NC(=O)c3ccccc3)c2)cc(OC)c1OC. The number of methoxy groups -OCH3 is 3. The highest BCUT2D eigenvalue weighted by Gasteiger charge is 2.24. The van der Waals surface area contributed by atoms with E-state index in [9.17, 15) is 14.4 Å². The van der Waals surface area contributed by atoms with Gasteiger partial charge in [0.15, 0.2) is 11.5 Å². The minimum absolute atomic E-state index is 0.0519. The number of carbonyl (C=O) groups excluding carboxylic acids is 3. The van der Waals surface area contributed by atoms with E-state index in [-0.39, 0.29) is 23.0 Å². The van der Waals surface area contributed by atoms with Crippen LogP contribution in [0.25, 0.3) is 0 Å². The fourth-order valence-electron chi connectivity index (χ4n) is 3.09. The molecule has 0 aliphatic carbocycles. The lowest BCUT2D eigenvalue weighted by Crippen LogP contribution is -2.45. The van der Waals surface area contributed by atoms with Crippen molar-refractivity contribution in [1.29, 1.82) is 0 Å². The van der Waals surface area contributed by atoms with Crippen LogP contribution >= 0.6 is 0 Å². The molecule has 3 aromatic carbocycles. The van der Waals surface area contributed by atoms with Crippen molar-refractivity contribution in [2.45, 2.75) is 0 Å². The number of hydrogen-bond acceptors (Lipinski definition) is 7. The smallest absolute Gasteiger partial charge is 0.343 e. The summed E-state index contributed by atoms with van der Waals surface area (Å²) in [6, 6.07) is 17.0. The minimum atomic E-state index is -0.884. The number of hydrazine groups is 1. The molecule has 0 saturated carbocycles. The third kappa shape index (κ3) is 5.43. The van der Waals surface area contributed by atoms with E-state index in [1.54, 1.807) is 42.5 Å². The zero-order valence-electron chi connectivity index (χ0n) is 18.8. The Kier molecular flexibility index (Phi) is 7.67. The molecule has 0 saturated heterocycles. The largest absolute Gasteiger partial charge is 0.493 e. The Labute approximate surface area is 196 Å². The van der Waals surface area contributed by atoms with Crippen molar-refractivity contribution in [1.82, 2.24) is 5.01 Å². The van der Waals surface area contributed by atoms with Crippen LogP contribution in [0.2, 0.25) is 0 Å². The Morgan fingerprint density at radius 3 is 1.88 bits per heavy atom. The van der Waals surface area contributed by atoms with Crippen LogP contribution in [0.4, 0.5) is 16.2 Å². The molecule has 3 rings (SSSR count). The molecule has 0 unspecified atom stereocenters. The zero-order valence-corrected chi connectivity index (χ0v) is 18.8. The lowest BCUT2D eigenvalue weighted by molar-refractivity contribution is 0.0810. The summed E-state index contributed by atoms with van der Waals surface area (Å²) in [5, 5.41) is 5.70. The topological polar surface area (TPSA) is 132 Å². The van der Waals surface area contributed by atoms with Gasteiger partial charge in [-0.25, -0.2) is 10.6 Å². The Bertz CT molecular complexity index is 1170. The highest BCUT2D eigenvalue weighted by atomic mass is 16.5. The van der Waals surface area contributed by atoms with Crippen LogP contribution in [0.3, 0.4) is 0 Å². The molecule has 0 bridgehead atoms. The second-order valence-electron chi connectivity index (χ2n) is 6.92.